The number of ether oxygens (including phenoxy) is 1. The van der Waals surface area contributed by atoms with Crippen LogP contribution in [0.15, 0.2) is 48.8 Å². The summed E-state index contributed by atoms with van der Waals surface area (Å²) < 4.78 is 5.02. The summed E-state index contributed by atoms with van der Waals surface area (Å²) in [7, 11) is 0. The van der Waals surface area contributed by atoms with Crippen molar-refractivity contribution >= 4 is 17.7 Å². The van der Waals surface area contributed by atoms with Crippen LogP contribution in [-0.2, 0) is 11.3 Å². The normalized spacial score (nSPS) is 10.1. The van der Waals surface area contributed by atoms with Crippen LogP contribution < -0.4 is 5.32 Å². The van der Waals surface area contributed by atoms with Crippen LogP contribution in [0.25, 0.3) is 0 Å². The number of carbonyl (C=O) groups is 2. The average molecular weight is 327 g/mol. The molecule has 0 aliphatic heterocycles. The molecule has 6 nitrogen and oxygen atoms in total. The van der Waals surface area contributed by atoms with Crippen LogP contribution in [0.5, 0.6) is 0 Å². The molecule has 0 atom stereocenters. The molecule has 1 heterocycles. The predicted molar refractivity (Wildman–Crippen MR) is 91.7 cm³/mol. The van der Waals surface area contributed by atoms with Crippen molar-refractivity contribution in [2.45, 2.75) is 20.4 Å². The zero-order valence-electron chi connectivity index (χ0n) is 13.9. The fourth-order valence-electron chi connectivity index (χ4n) is 2.21. The van der Waals surface area contributed by atoms with E-state index in [2.05, 4.69) is 10.3 Å². The van der Waals surface area contributed by atoms with Gasteiger partial charge in [-0.3, -0.25) is 4.98 Å². The van der Waals surface area contributed by atoms with Crippen LogP contribution in [0.4, 0.5) is 10.5 Å². The fraction of sp³-hybridized carbons (Fsp3) is 0.278. The van der Waals surface area contributed by atoms with E-state index >= 15 is 0 Å². The molecule has 1 N–H and O–H groups in total. The first-order chi connectivity index (χ1) is 11.7. The first-order valence-corrected chi connectivity index (χ1v) is 7.86. The Morgan fingerprint density at radius 1 is 1.12 bits per heavy atom. The smallest absolute Gasteiger partial charge is 0.340 e. The van der Waals surface area contributed by atoms with E-state index in [9.17, 15) is 9.59 Å². The monoisotopic (exact) mass is 327 g/mol. The standard InChI is InChI=1S/C18H21N3O3/c1-3-21(13-14-9-11-19-12-10-14)18(23)20-16-8-6-5-7-15(16)17(22)24-4-2/h5-12H,3-4,13H2,1-2H3,(H,20,23). The third-order valence-electron chi connectivity index (χ3n) is 3.46. The molecule has 24 heavy (non-hydrogen) atoms. The number of carbonyl (C=O) groups excluding carboxylic acids is 2. The van der Waals surface area contributed by atoms with Crippen molar-refractivity contribution in [3.63, 3.8) is 0 Å². The van der Waals surface area contributed by atoms with E-state index in [1.807, 2.05) is 19.1 Å². The van der Waals surface area contributed by atoms with E-state index in [4.69, 9.17) is 4.74 Å². The van der Waals surface area contributed by atoms with Gasteiger partial charge in [0.1, 0.15) is 0 Å². The topological polar surface area (TPSA) is 71.5 Å². The van der Waals surface area contributed by atoms with E-state index in [1.54, 1.807) is 48.5 Å². The quantitative estimate of drug-likeness (QED) is 0.826. The van der Waals surface area contributed by atoms with E-state index in [0.717, 1.165) is 5.56 Å². The van der Waals surface area contributed by atoms with Gasteiger partial charge in [0.25, 0.3) is 0 Å². The molecule has 0 aliphatic rings. The number of esters is 1. The molecule has 2 rings (SSSR count). The Bertz CT molecular complexity index is 689. The molecule has 0 bridgehead atoms. The number of urea groups is 1. The number of para-hydroxylation sites is 1. The van der Waals surface area contributed by atoms with Crippen molar-refractivity contribution in [2.75, 3.05) is 18.5 Å². The second kappa shape index (κ2) is 8.67. The second-order valence-corrected chi connectivity index (χ2v) is 5.07. The summed E-state index contributed by atoms with van der Waals surface area (Å²) in [6.07, 6.45) is 3.38. The van der Waals surface area contributed by atoms with Gasteiger partial charge in [-0.15, -0.1) is 0 Å². The third-order valence-corrected chi connectivity index (χ3v) is 3.46. The maximum Gasteiger partial charge on any atom is 0.340 e. The van der Waals surface area contributed by atoms with Crippen molar-refractivity contribution in [1.29, 1.82) is 0 Å². The van der Waals surface area contributed by atoms with Gasteiger partial charge >= 0.3 is 12.0 Å². The first kappa shape index (κ1) is 17.5. The Labute approximate surface area is 141 Å². The molecule has 0 fully saturated rings. The van der Waals surface area contributed by atoms with Crippen LogP contribution in [0.1, 0.15) is 29.8 Å². The van der Waals surface area contributed by atoms with Crippen LogP contribution >= 0.6 is 0 Å². The fourth-order valence-corrected chi connectivity index (χ4v) is 2.21. The van der Waals surface area contributed by atoms with Crippen molar-refractivity contribution < 1.29 is 14.3 Å². The molecule has 2 aromatic rings. The highest BCUT2D eigenvalue weighted by atomic mass is 16.5. The average Bonchev–Trinajstić information content (AvgIpc) is 2.61. The Balaban J connectivity index is 2.12. The summed E-state index contributed by atoms with van der Waals surface area (Å²) in [5.74, 6) is -0.453. The molecule has 2 amide bonds. The van der Waals surface area contributed by atoms with Crippen LogP contribution in [0, 0.1) is 0 Å². The van der Waals surface area contributed by atoms with Crippen LogP contribution in [0.2, 0.25) is 0 Å². The van der Waals surface area contributed by atoms with Crippen LogP contribution in [-0.4, -0.2) is 35.0 Å². The summed E-state index contributed by atoms with van der Waals surface area (Å²) in [6, 6.07) is 10.3. The molecule has 1 aromatic heterocycles. The van der Waals surface area contributed by atoms with Gasteiger partial charge < -0.3 is 15.0 Å². The molecular formula is C18H21N3O3. The van der Waals surface area contributed by atoms with Crippen molar-refractivity contribution in [1.82, 2.24) is 9.88 Å². The SMILES string of the molecule is CCOC(=O)c1ccccc1NC(=O)N(CC)Cc1ccncc1. The van der Waals surface area contributed by atoms with Gasteiger partial charge in [0, 0.05) is 25.5 Å². The maximum absolute atomic E-state index is 12.5. The zero-order chi connectivity index (χ0) is 17.4. The number of hydrogen-bond donors (Lipinski definition) is 1. The Morgan fingerprint density at radius 2 is 1.83 bits per heavy atom. The summed E-state index contributed by atoms with van der Waals surface area (Å²) in [5.41, 5.74) is 1.77. The van der Waals surface area contributed by atoms with E-state index in [1.165, 1.54) is 0 Å². The number of rotatable bonds is 6. The van der Waals surface area contributed by atoms with Gasteiger partial charge in [-0.05, 0) is 43.7 Å². The summed E-state index contributed by atoms with van der Waals surface area (Å²) in [5, 5.41) is 2.79. The lowest BCUT2D eigenvalue weighted by Crippen LogP contribution is -2.34. The minimum atomic E-state index is -0.453. The van der Waals surface area contributed by atoms with E-state index in [-0.39, 0.29) is 12.6 Å². The highest BCUT2D eigenvalue weighted by molar-refractivity contribution is 6.00. The molecule has 0 unspecified atom stereocenters. The zero-order valence-corrected chi connectivity index (χ0v) is 13.9. The summed E-state index contributed by atoms with van der Waals surface area (Å²) in [6.45, 7) is 4.93. The molecular weight excluding hydrogens is 306 g/mol. The maximum atomic E-state index is 12.5. The lowest BCUT2D eigenvalue weighted by molar-refractivity contribution is 0.0527. The molecule has 0 aliphatic carbocycles. The number of hydrogen-bond acceptors (Lipinski definition) is 4. The van der Waals surface area contributed by atoms with E-state index in [0.29, 0.717) is 24.3 Å². The number of amides is 2. The molecule has 0 spiro atoms. The van der Waals surface area contributed by atoms with Gasteiger partial charge in [-0.2, -0.15) is 0 Å². The second-order valence-electron chi connectivity index (χ2n) is 5.07. The van der Waals surface area contributed by atoms with Gasteiger partial charge in [0.05, 0.1) is 17.9 Å². The number of benzene rings is 1. The number of nitrogens with zero attached hydrogens (tertiary/aromatic N) is 2. The van der Waals surface area contributed by atoms with Crippen molar-refractivity contribution in [3.05, 3.63) is 59.9 Å². The highest BCUT2D eigenvalue weighted by Gasteiger charge is 2.17. The van der Waals surface area contributed by atoms with Crippen LogP contribution in [0.3, 0.4) is 0 Å². The summed E-state index contributed by atoms with van der Waals surface area (Å²) in [4.78, 5) is 30.1. The predicted octanol–water partition coefficient (Wildman–Crippen LogP) is 3.31. The molecule has 0 saturated carbocycles. The largest absolute Gasteiger partial charge is 0.462 e. The van der Waals surface area contributed by atoms with Gasteiger partial charge in [-0.1, -0.05) is 12.1 Å². The van der Waals surface area contributed by atoms with Gasteiger partial charge in [-0.25, -0.2) is 9.59 Å². The number of pyridine rings is 1. The molecule has 0 radical (unpaired) electrons. The number of nitrogens with one attached hydrogen (secondary N) is 1. The molecule has 126 valence electrons. The lowest BCUT2D eigenvalue weighted by atomic mass is 10.2. The highest BCUT2D eigenvalue weighted by Crippen LogP contribution is 2.17. The van der Waals surface area contributed by atoms with Crippen molar-refractivity contribution in [2.24, 2.45) is 0 Å². The minimum Gasteiger partial charge on any atom is -0.462 e. The Morgan fingerprint density at radius 3 is 2.50 bits per heavy atom. The van der Waals surface area contributed by atoms with Crippen molar-refractivity contribution in [3.8, 4) is 0 Å². The van der Waals surface area contributed by atoms with Gasteiger partial charge in [0.15, 0.2) is 0 Å². The Kier molecular flexibility index (Phi) is 6.31. The van der Waals surface area contributed by atoms with E-state index < -0.39 is 5.97 Å². The minimum absolute atomic E-state index is 0.272. The first-order valence-electron chi connectivity index (χ1n) is 7.86. The third kappa shape index (κ3) is 4.55. The molecule has 1 aromatic carbocycles. The molecule has 6 heteroatoms. The summed E-state index contributed by atoms with van der Waals surface area (Å²) >= 11 is 0. The van der Waals surface area contributed by atoms with Gasteiger partial charge in [0.2, 0.25) is 0 Å². The Hall–Kier alpha value is -2.89. The molecule has 0 saturated heterocycles. The lowest BCUT2D eigenvalue weighted by Gasteiger charge is -2.22. The number of anilines is 1. The number of aromatic nitrogens is 1.